The molecule has 1 saturated carbocycles. The molecule has 0 radical (unpaired) electrons. The highest BCUT2D eigenvalue weighted by Crippen LogP contribution is 2.45. The van der Waals surface area contributed by atoms with Crippen molar-refractivity contribution < 1.29 is 4.79 Å². The molecule has 3 rings (SSSR count). The molecule has 0 atom stereocenters. The highest BCUT2D eigenvalue weighted by molar-refractivity contribution is 5.85. The van der Waals surface area contributed by atoms with Crippen LogP contribution in [0.2, 0.25) is 0 Å². The Hall–Kier alpha value is -1.26. The van der Waals surface area contributed by atoms with Gasteiger partial charge in [0.05, 0.1) is 0 Å². The molecule has 2 aliphatic rings. The Balaban J connectivity index is 0.00000243. The second-order valence-electron chi connectivity index (χ2n) is 8.24. The van der Waals surface area contributed by atoms with Gasteiger partial charge in [-0.1, -0.05) is 12.1 Å². The van der Waals surface area contributed by atoms with E-state index in [-0.39, 0.29) is 18.3 Å². The maximum Gasteiger partial charge on any atom is 0.220 e. The first kappa shape index (κ1) is 21.0. The van der Waals surface area contributed by atoms with Gasteiger partial charge in [-0.15, -0.1) is 12.4 Å². The maximum absolute atomic E-state index is 12.3. The third-order valence-electron chi connectivity index (χ3n) is 6.25. The van der Waals surface area contributed by atoms with E-state index in [9.17, 15) is 4.79 Å². The van der Waals surface area contributed by atoms with Gasteiger partial charge in [0.15, 0.2) is 0 Å². The summed E-state index contributed by atoms with van der Waals surface area (Å²) in [6.45, 7) is 2.99. The Morgan fingerprint density at radius 2 is 1.73 bits per heavy atom. The van der Waals surface area contributed by atoms with E-state index in [0.29, 0.717) is 24.3 Å². The topological polar surface area (TPSA) is 44.4 Å². The van der Waals surface area contributed by atoms with Crippen molar-refractivity contribution in [2.75, 3.05) is 32.1 Å². The van der Waals surface area contributed by atoms with E-state index in [1.54, 1.807) is 0 Å². The molecular formula is C21H34ClN3O. The Morgan fingerprint density at radius 1 is 1.12 bits per heavy atom. The van der Waals surface area contributed by atoms with Crippen LogP contribution in [0.5, 0.6) is 0 Å². The van der Waals surface area contributed by atoms with Crippen LogP contribution in [0.4, 0.5) is 5.69 Å². The molecule has 26 heavy (non-hydrogen) atoms. The number of carbonyl (C=O) groups excluding carboxylic acids is 1. The summed E-state index contributed by atoms with van der Waals surface area (Å²) in [5.74, 6) is 0.791. The van der Waals surface area contributed by atoms with Gasteiger partial charge in [-0.2, -0.15) is 0 Å². The number of carbonyl (C=O) groups is 1. The molecule has 1 heterocycles. The summed E-state index contributed by atoms with van der Waals surface area (Å²) in [6.07, 6.45) is 8.45. The summed E-state index contributed by atoms with van der Waals surface area (Å²) in [5.41, 5.74) is 2.94. The van der Waals surface area contributed by atoms with Gasteiger partial charge in [-0.3, -0.25) is 4.79 Å². The molecule has 4 nitrogen and oxygen atoms in total. The van der Waals surface area contributed by atoms with E-state index in [1.807, 2.05) is 14.1 Å². The van der Waals surface area contributed by atoms with Crippen molar-refractivity contribution in [3.63, 3.8) is 0 Å². The van der Waals surface area contributed by atoms with Crippen LogP contribution in [0, 0.1) is 11.3 Å². The number of hydrogen-bond acceptors (Lipinski definition) is 3. The molecular weight excluding hydrogens is 346 g/mol. The van der Waals surface area contributed by atoms with E-state index in [0.717, 1.165) is 5.56 Å². The minimum absolute atomic E-state index is 0. The van der Waals surface area contributed by atoms with Crippen molar-refractivity contribution in [1.82, 2.24) is 10.6 Å². The van der Waals surface area contributed by atoms with Crippen molar-refractivity contribution >= 4 is 24.0 Å². The van der Waals surface area contributed by atoms with Crippen molar-refractivity contribution in [3.05, 3.63) is 29.8 Å². The summed E-state index contributed by atoms with van der Waals surface area (Å²) in [6, 6.07) is 8.39. The van der Waals surface area contributed by atoms with E-state index in [4.69, 9.17) is 0 Å². The van der Waals surface area contributed by atoms with Gasteiger partial charge in [-0.05, 0) is 80.6 Å². The summed E-state index contributed by atoms with van der Waals surface area (Å²) >= 11 is 0. The zero-order valence-corrected chi connectivity index (χ0v) is 17.0. The number of halogens is 1. The Morgan fingerprint density at radius 3 is 2.31 bits per heavy atom. The molecule has 2 fully saturated rings. The smallest absolute Gasteiger partial charge is 0.220 e. The lowest BCUT2D eigenvalue weighted by atomic mass is 9.65. The first-order valence-electron chi connectivity index (χ1n) is 9.80. The Kier molecular flexibility index (Phi) is 7.78. The molecule has 1 amide bonds. The number of amides is 1. The molecule has 1 aromatic carbocycles. The number of nitrogens with one attached hydrogen (secondary N) is 2. The quantitative estimate of drug-likeness (QED) is 0.819. The van der Waals surface area contributed by atoms with Gasteiger partial charge in [0.25, 0.3) is 0 Å². The fourth-order valence-corrected chi connectivity index (χ4v) is 4.40. The Bertz CT molecular complexity index is 557. The number of anilines is 1. The number of rotatable bonds is 5. The molecule has 1 saturated heterocycles. The lowest BCUT2D eigenvalue weighted by Crippen LogP contribution is -2.39. The van der Waals surface area contributed by atoms with Crippen molar-refractivity contribution in [2.24, 2.45) is 11.3 Å². The van der Waals surface area contributed by atoms with Crippen LogP contribution in [-0.4, -0.2) is 33.1 Å². The summed E-state index contributed by atoms with van der Waals surface area (Å²) in [4.78, 5) is 14.4. The molecule has 5 heteroatoms. The van der Waals surface area contributed by atoms with Crippen LogP contribution in [-0.2, 0) is 11.3 Å². The van der Waals surface area contributed by atoms with E-state index < -0.39 is 0 Å². The largest absolute Gasteiger partial charge is 0.378 e. The van der Waals surface area contributed by atoms with Crippen LogP contribution in [0.3, 0.4) is 0 Å². The standard InChI is InChI=1S/C21H33N3O.ClH/c1-24(2)19-5-3-18(4-6-19)16-23-20(25)15-17-7-9-21(10-8-17)11-13-22-14-12-21;/h3-6,17,22H,7-16H2,1-2H3,(H,23,25);1H. The normalized spacial score (nSPS) is 19.6. The van der Waals surface area contributed by atoms with E-state index >= 15 is 0 Å². The van der Waals surface area contributed by atoms with Crippen molar-refractivity contribution in [3.8, 4) is 0 Å². The molecule has 146 valence electrons. The highest BCUT2D eigenvalue weighted by Gasteiger charge is 2.36. The van der Waals surface area contributed by atoms with Crippen molar-refractivity contribution in [1.29, 1.82) is 0 Å². The molecule has 1 aliphatic carbocycles. The fraction of sp³-hybridized carbons (Fsp3) is 0.667. The average Bonchev–Trinajstić information content (AvgIpc) is 2.63. The predicted octanol–water partition coefficient (Wildman–Crippen LogP) is 3.74. The third kappa shape index (κ3) is 5.62. The van der Waals surface area contributed by atoms with Gasteiger partial charge in [-0.25, -0.2) is 0 Å². The third-order valence-corrected chi connectivity index (χ3v) is 6.25. The summed E-state index contributed by atoms with van der Waals surface area (Å²) in [7, 11) is 4.07. The van der Waals surface area contributed by atoms with Crippen LogP contribution < -0.4 is 15.5 Å². The number of benzene rings is 1. The number of hydrogen-bond donors (Lipinski definition) is 2. The van der Waals surface area contributed by atoms with Crippen LogP contribution in [0.15, 0.2) is 24.3 Å². The second kappa shape index (κ2) is 9.61. The molecule has 0 bridgehead atoms. The first-order chi connectivity index (χ1) is 12.1. The zero-order chi connectivity index (χ0) is 17.7. The number of piperidine rings is 1. The van der Waals surface area contributed by atoms with E-state index in [2.05, 4.69) is 39.8 Å². The Labute approximate surface area is 164 Å². The molecule has 1 spiro atoms. The average molecular weight is 380 g/mol. The zero-order valence-electron chi connectivity index (χ0n) is 16.2. The lowest BCUT2D eigenvalue weighted by Gasteiger charge is -2.43. The van der Waals surface area contributed by atoms with Crippen LogP contribution >= 0.6 is 12.4 Å². The van der Waals surface area contributed by atoms with Gasteiger partial charge in [0.1, 0.15) is 0 Å². The van der Waals surface area contributed by atoms with Crippen LogP contribution in [0.1, 0.15) is 50.5 Å². The molecule has 2 N–H and O–H groups in total. The number of nitrogens with zero attached hydrogens (tertiary/aromatic N) is 1. The SMILES string of the molecule is CN(C)c1ccc(CNC(=O)CC2CCC3(CCNCC3)CC2)cc1.Cl. The van der Waals surface area contributed by atoms with Gasteiger partial charge in [0.2, 0.25) is 5.91 Å². The fourth-order valence-electron chi connectivity index (χ4n) is 4.40. The minimum Gasteiger partial charge on any atom is -0.378 e. The van der Waals surface area contributed by atoms with Gasteiger partial charge >= 0.3 is 0 Å². The summed E-state index contributed by atoms with van der Waals surface area (Å²) < 4.78 is 0. The van der Waals surface area contributed by atoms with Gasteiger partial charge < -0.3 is 15.5 Å². The molecule has 1 aromatic rings. The summed E-state index contributed by atoms with van der Waals surface area (Å²) in [5, 5.41) is 6.58. The van der Waals surface area contributed by atoms with Gasteiger partial charge in [0, 0.05) is 32.7 Å². The molecule has 1 aliphatic heterocycles. The lowest BCUT2D eigenvalue weighted by molar-refractivity contribution is -0.122. The van der Waals surface area contributed by atoms with Crippen molar-refractivity contribution in [2.45, 2.75) is 51.5 Å². The second-order valence-corrected chi connectivity index (χ2v) is 8.24. The van der Waals surface area contributed by atoms with Crippen LogP contribution in [0.25, 0.3) is 0 Å². The first-order valence-corrected chi connectivity index (χ1v) is 9.80. The van der Waals surface area contributed by atoms with E-state index in [1.165, 1.54) is 57.3 Å². The highest BCUT2D eigenvalue weighted by atomic mass is 35.5. The maximum atomic E-state index is 12.3. The monoisotopic (exact) mass is 379 g/mol. The predicted molar refractivity (Wildman–Crippen MR) is 111 cm³/mol. The molecule has 0 unspecified atom stereocenters. The molecule has 0 aromatic heterocycles. The minimum atomic E-state index is 0.